The third-order valence-electron chi connectivity index (χ3n) is 3.35. The lowest BCUT2D eigenvalue weighted by Gasteiger charge is -2.31. The molecular weight excluding hydrogens is 234 g/mol. The molecule has 0 spiro atoms. The van der Waals surface area contributed by atoms with E-state index < -0.39 is 0 Å². The predicted molar refractivity (Wildman–Crippen MR) is 74.8 cm³/mol. The number of nitrogen functional groups attached to an aromatic ring is 1. The second-order valence-electron chi connectivity index (χ2n) is 4.86. The van der Waals surface area contributed by atoms with Crippen LogP contribution in [-0.2, 0) is 0 Å². The summed E-state index contributed by atoms with van der Waals surface area (Å²) in [7, 11) is 2.17. The molecule has 1 atom stereocenters. The normalized spacial score (nSPS) is 22.5. The number of hydrogen-bond donors (Lipinski definition) is 1. The van der Waals surface area contributed by atoms with Gasteiger partial charge in [-0.2, -0.15) is 0 Å². The maximum absolute atomic E-state index is 6.06. The van der Waals surface area contributed by atoms with E-state index >= 15 is 0 Å². The molecule has 4 heteroatoms. The minimum Gasteiger partial charge on any atom is -0.397 e. The van der Waals surface area contributed by atoms with Crippen molar-refractivity contribution in [1.29, 1.82) is 0 Å². The predicted octanol–water partition coefficient (Wildman–Crippen LogP) is 2.45. The monoisotopic (exact) mass is 253 g/mol. The number of benzene rings is 1. The van der Waals surface area contributed by atoms with Gasteiger partial charge in [0.05, 0.1) is 11.4 Å². The van der Waals surface area contributed by atoms with Crippen LogP contribution in [0.5, 0.6) is 0 Å². The number of rotatable bonds is 1. The molecule has 94 valence electrons. The van der Waals surface area contributed by atoms with E-state index in [1.807, 2.05) is 18.2 Å². The van der Waals surface area contributed by atoms with Gasteiger partial charge in [-0.15, -0.1) is 0 Å². The van der Waals surface area contributed by atoms with E-state index in [2.05, 4.69) is 23.8 Å². The number of hydrogen-bond acceptors (Lipinski definition) is 3. The lowest BCUT2D eigenvalue weighted by atomic mass is 10.2. The van der Waals surface area contributed by atoms with Gasteiger partial charge in [-0.3, -0.25) is 0 Å². The fourth-order valence-electron chi connectivity index (χ4n) is 2.50. The van der Waals surface area contributed by atoms with E-state index in [-0.39, 0.29) is 0 Å². The first-order valence-electron chi connectivity index (χ1n) is 6.08. The summed E-state index contributed by atoms with van der Waals surface area (Å²) in [5.41, 5.74) is 7.93. The van der Waals surface area contributed by atoms with E-state index in [4.69, 9.17) is 17.3 Å². The molecule has 0 radical (unpaired) electrons. The van der Waals surface area contributed by atoms with E-state index in [0.29, 0.717) is 6.04 Å². The van der Waals surface area contributed by atoms with Crippen LogP contribution in [0.2, 0.25) is 5.02 Å². The van der Waals surface area contributed by atoms with Gasteiger partial charge in [0.2, 0.25) is 0 Å². The summed E-state index contributed by atoms with van der Waals surface area (Å²) in [6.45, 7) is 5.48. The Morgan fingerprint density at radius 3 is 2.88 bits per heavy atom. The van der Waals surface area contributed by atoms with E-state index in [1.165, 1.54) is 0 Å². The molecule has 1 saturated heterocycles. The number of anilines is 2. The van der Waals surface area contributed by atoms with Crippen molar-refractivity contribution >= 4 is 23.0 Å². The quantitative estimate of drug-likeness (QED) is 0.781. The summed E-state index contributed by atoms with van der Waals surface area (Å²) in [6.07, 6.45) is 1.16. The van der Waals surface area contributed by atoms with Crippen LogP contribution in [0.3, 0.4) is 0 Å². The highest BCUT2D eigenvalue weighted by Gasteiger charge is 2.21. The van der Waals surface area contributed by atoms with Crippen LogP contribution < -0.4 is 10.6 Å². The summed E-state index contributed by atoms with van der Waals surface area (Å²) in [5, 5.41) is 0.749. The number of halogens is 1. The molecule has 2 N–H and O–H groups in total. The molecule has 0 aliphatic carbocycles. The Kier molecular flexibility index (Phi) is 3.79. The van der Waals surface area contributed by atoms with Gasteiger partial charge in [0, 0.05) is 24.2 Å². The molecule has 2 rings (SSSR count). The van der Waals surface area contributed by atoms with Crippen molar-refractivity contribution in [3.05, 3.63) is 23.2 Å². The molecule has 1 aliphatic rings. The van der Waals surface area contributed by atoms with Crippen LogP contribution in [0.4, 0.5) is 11.4 Å². The zero-order valence-electron chi connectivity index (χ0n) is 10.5. The third-order valence-corrected chi connectivity index (χ3v) is 3.58. The molecule has 1 aromatic carbocycles. The molecular formula is C13H20ClN3. The van der Waals surface area contributed by atoms with E-state index in [0.717, 1.165) is 42.5 Å². The molecule has 1 unspecified atom stereocenters. The minimum absolute atomic E-state index is 0.461. The van der Waals surface area contributed by atoms with Crippen molar-refractivity contribution in [2.75, 3.05) is 37.3 Å². The standard InChI is InChI=1S/C13H20ClN3/c1-10-9-16(2)6-3-7-17(10)13-8-11(14)4-5-12(13)15/h4-5,8,10H,3,6-7,9,15H2,1-2H3. The second-order valence-corrected chi connectivity index (χ2v) is 5.30. The summed E-state index contributed by atoms with van der Waals surface area (Å²) in [4.78, 5) is 4.73. The molecule has 0 saturated carbocycles. The lowest BCUT2D eigenvalue weighted by Crippen LogP contribution is -2.38. The van der Waals surface area contributed by atoms with Crippen molar-refractivity contribution in [3.63, 3.8) is 0 Å². The second kappa shape index (κ2) is 5.15. The first kappa shape index (κ1) is 12.5. The lowest BCUT2D eigenvalue weighted by molar-refractivity contribution is 0.337. The molecule has 1 fully saturated rings. The molecule has 17 heavy (non-hydrogen) atoms. The van der Waals surface area contributed by atoms with Crippen LogP contribution in [0.15, 0.2) is 18.2 Å². The van der Waals surface area contributed by atoms with Gasteiger partial charge in [0.15, 0.2) is 0 Å². The summed E-state index contributed by atoms with van der Waals surface area (Å²) in [6, 6.07) is 6.16. The highest BCUT2D eigenvalue weighted by atomic mass is 35.5. The van der Waals surface area contributed by atoms with Crippen LogP contribution in [-0.4, -0.2) is 37.6 Å². The fraction of sp³-hybridized carbons (Fsp3) is 0.538. The van der Waals surface area contributed by atoms with E-state index in [1.54, 1.807) is 0 Å². The summed E-state index contributed by atoms with van der Waals surface area (Å²) < 4.78 is 0. The Morgan fingerprint density at radius 1 is 1.35 bits per heavy atom. The van der Waals surface area contributed by atoms with Crippen molar-refractivity contribution in [2.24, 2.45) is 0 Å². The number of nitrogens with two attached hydrogens (primary N) is 1. The largest absolute Gasteiger partial charge is 0.397 e. The average Bonchev–Trinajstić information content (AvgIpc) is 2.43. The van der Waals surface area contributed by atoms with Crippen molar-refractivity contribution in [2.45, 2.75) is 19.4 Å². The first-order valence-corrected chi connectivity index (χ1v) is 6.46. The zero-order chi connectivity index (χ0) is 12.4. The molecule has 0 amide bonds. The third kappa shape index (κ3) is 2.85. The summed E-state index contributed by atoms with van der Waals surface area (Å²) in [5.74, 6) is 0. The molecule has 1 heterocycles. The Labute approximate surface area is 108 Å². The van der Waals surface area contributed by atoms with Gasteiger partial charge in [0.1, 0.15) is 0 Å². The topological polar surface area (TPSA) is 32.5 Å². The molecule has 1 aliphatic heterocycles. The van der Waals surface area contributed by atoms with Crippen LogP contribution in [0, 0.1) is 0 Å². The van der Waals surface area contributed by atoms with Gasteiger partial charge in [-0.1, -0.05) is 11.6 Å². The molecule has 0 aromatic heterocycles. The summed E-state index contributed by atoms with van der Waals surface area (Å²) >= 11 is 6.06. The molecule has 3 nitrogen and oxygen atoms in total. The van der Waals surface area contributed by atoms with Crippen LogP contribution in [0.25, 0.3) is 0 Å². The zero-order valence-corrected chi connectivity index (χ0v) is 11.2. The number of nitrogens with zero attached hydrogens (tertiary/aromatic N) is 2. The van der Waals surface area contributed by atoms with Crippen LogP contribution >= 0.6 is 11.6 Å². The van der Waals surface area contributed by atoms with Gasteiger partial charge in [-0.25, -0.2) is 0 Å². The van der Waals surface area contributed by atoms with Crippen molar-refractivity contribution in [3.8, 4) is 0 Å². The Balaban J connectivity index is 2.28. The van der Waals surface area contributed by atoms with Gasteiger partial charge >= 0.3 is 0 Å². The Morgan fingerprint density at radius 2 is 2.12 bits per heavy atom. The van der Waals surface area contributed by atoms with Gasteiger partial charge in [-0.05, 0) is 45.1 Å². The molecule has 1 aromatic rings. The first-order chi connectivity index (χ1) is 8.08. The van der Waals surface area contributed by atoms with Gasteiger partial charge < -0.3 is 15.5 Å². The highest BCUT2D eigenvalue weighted by molar-refractivity contribution is 6.31. The van der Waals surface area contributed by atoms with E-state index in [9.17, 15) is 0 Å². The Bertz CT molecular complexity index is 394. The fourth-order valence-corrected chi connectivity index (χ4v) is 2.66. The van der Waals surface area contributed by atoms with Crippen molar-refractivity contribution < 1.29 is 0 Å². The Hall–Kier alpha value is -0.930. The maximum Gasteiger partial charge on any atom is 0.0617 e. The minimum atomic E-state index is 0.461. The smallest absolute Gasteiger partial charge is 0.0617 e. The maximum atomic E-state index is 6.06. The van der Waals surface area contributed by atoms with Crippen molar-refractivity contribution in [1.82, 2.24) is 4.90 Å². The SMILES string of the molecule is CC1CN(C)CCCN1c1cc(Cl)ccc1N. The average molecular weight is 254 g/mol. The van der Waals surface area contributed by atoms with Crippen LogP contribution in [0.1, 0.15) is 13.3 Å². The number of likely N-dealkylation sites (N-methyl/N-ethyl adjacent to an activating group) is 1. The van der Waals surface area contributed by atoms with Gasteiger partial charge in [0.25, 0.3) is 0 Å². The molecule has 0 bridgehead atoms. The highest BCUT2D eigenvalue weighted by Crippen LogP contribution is 2.29.